The average molecular weight is 352 g/mol. The molecule has 0 atom stereocenters. The fourth-order valence-corrected chi connectivity index (χ4v) is 3.26. The Labute approximate surface area is 151 Å². The van der Waals surface area contributed by atoms with Crippen LogP contribution in [0.5, 0.6) is 5.75 Å². The average Bonchev–Trinajstić information content (AvgIpc) is 3.02. The van der Waals surface area contributed by atoms with E-state index < -0.39 is 0 Å². The fourth-order valence-electron chi connectivity index (χ4n) is 2.42. The molecule has 0 aliphatic heterocycles. The van der Waals surface area contributed by atoms with Gasteiger partial charge < -0.3 is 4.74 Å². The van der Waals surface area contributed by atoms with Gasteiger partial charge in [0.05, 0.1) is 11.7 Å². The highest BCUT2D eigenvalue weighted by atomic mass is 32.1. The monoisotopic (exact) mass is 352 g/mol. The van der Waals surface area contributed by atoms with Crippen LogP contribution in [0.3, 0.4) is 0 Å². The van der Waals surface area contributed by atoms with Crippen LogP contribution >= 0.6 is 11.3 Å². The van der Waals surface area contributed by atoms with E-state index in [-0.39, 0.29) is 12.0 Å². The van der Waals surface area contributed by atoms with E-state index in [9.17, 15) is 4.79 Å². The fraction of sp³-hybridized carbons (Fsp3) is 0.200. The molecule has 1 heterocycles. The van der Waals surface area contributed by atoms with Gasteiger partial charge in [0.25, 0.3) is 5.91 Å². The molecule has 25 heavy (non-hydrogen) atoms. The highest BCUT2D eigenvalue weighted by Crippen LogP contribution is 2.24. The van der Waals surface area contributed by atoms with E-state index in [0.717, 1.165) is 11.3 Å². The lowest BCUT2D eigenvalue weighted by Gasteiger charge is -2.13. The normalized spacial score (nSPS) is 10.7. The van der Waals surface area contributed by atoms with Gasteiger partial charge in [-0.05, 0) is 31.5 Å². The van der Waals surface area contributed by atoms with Gasteiger partial charge in [-0.1, -0.05) is 42.5 Å². The van der Waals surface area contributed by atoms with Gasteiger partial charge in [-0.25, -0.2) is 4.98 Å². The lowest BCUT2D eigenvalue weighted by Crippen LogP contribution is -2.15. The predicted octanol–water partition coefficient (Wildman–Crippen LogP) is 4.77. The molecule has 0 aliphatic carbocycles. The lowest BCUT2D eigenvalue weighted by atomic mass is 10.1. The topological polar surface area (TPSA) is 51.2 Å². The summed E-state index contributed by atoms with van der Waals surface area (Å²) in [5, 5.41) is 3.46. The van der Waals surface area contributed by atoms with E-state index in [2.05, 4.69) is 22.4 Å². The Hall–Kier alpha value is -2.66. The highest BCUT2D eigenvalue weighted by molar-refractivity contribution is 7.15. The Morgan fingerprint density at radius 3 is 2.60 bits per heavy atom. The van der Waals surface area contributed by atoms with Gasteiger partial charge in [-0.3, -0.25) is 10.1 Å². The van der Waals surface area contributed by atoms with E-state index in [1.165, 1.54) is 16.9 Å². The predicted molar refractivity (Wildman–Crippen MR) is 102 cm³/mol. The van der Waals surface area contributed by atoms with E-state index in [0.29, 0.717) is 16.4 Å². The number of carbonyl (C=O) groups excluding carboxylic acids is 1. The van der Waals surface area contributed by atoms with Crippen LogP contribution in [0.4, 0.5) is 5.13 Å². The number of hydrogen-bond donors (Lipinski definition) is 1. The number of benzene rings is 2. The number of hydrogen-bond acceptors (Lipinski definition) is 4. The number of aromatic nitrogens is 1. The zero-order valence-electron chi connectivity index (χ0n) is 14.2. The first-order valence-corrected chi connectivity index (χ1v) is 8.99. The van der Waals surface area contributed by atoms with Gasteiger partial charge >= 0.3 is 0 Å². The minimum Gasteiger partial charge on any atom is -0.490 e. The first kappa shape index (κ1) is 17.2. The maximum Gasteiger partial charge on any atom is 0.261 e. The molecule has 3 rings (SSSR count). The van der Waals surface area contributed by atoms with Gasteiger partial charge in [0.2, 0.25) is 0 Å². The number of nitrogens with zero attached hydrogens (tertiary/aromatic N) is 1. The number of anilines is 1. The van der Waals surface area contributed by atoms with Crippen molar-refractivity contribution in [2.24, 2.45) is 0 Å². The van der Waals surface area contributed by atoms with Crippen molar-refractivity contribution in [3.05, 3.63) is 76.8 Å². The van der Waals surface area contributed by atoms with E-state index in [1.807, 2.05) is 50.4 Å². The van der Waals surface area contributed by atoms with Crippen LogP contribution < -0.4 is 10.1 Å². The summed E-state index contributed by atoms with van der Waals surface area (Å²) in [6.45, 7) is 3.87. The smallest absolute Gasteiger partial charge is 0.261 e. The molecule has 5 heteroatoms. The Balaban J connectivity index is 1.70. The van der Waals surface area contributed by atoms with Crippen molar-refractivity contribution in [3.63, 3.8) is 0 Å². The SMILES string of the molecule is CC(C)Oc1ccccc1C(=O)Nc1ncc(Cc2ccccc2)s1. The van der Waals surface area contributed by atoms with Gasteiger partial charge in [0, 0.05) is 17.5 Å². The molecule has 0 saturated heterocycles. The number of rotatable bonds is 6. The Morgan fingerprint density at radius 1 is 1.12 bits per heavy atom. The van der Waals surface area contributed by atoms with Crippen molar-refractivity contribution >= 4 is 22.4 Å². The molecule has 128 valence electrons. The molecule has 0 saturated carbocycles. The summed E-state index contributed by atoms with van der Waals surface area (Å²) in [5.74, 6) is 0.368. The zero-order chi connectivity index (χ0) is 17.6. The van der Waals surface area contributed by atoms with Gasteiger partial charge in [0.15, 0.2) is 5.13 Å². The molecular weight excluding hydrogens is 332 g/mol. The van der Waals surface area contributed by atoms with Crippen molar-refractivity contribution in [2.45, 2.75) is 26.4 Å². The van der Waals surface area contributed by atoms with E-state index in [1.54, 1.807) is 12.1 Å². The minimum atomic E-state index is -0.211. The Kier molecular flexibility index (Phi) is 5.46. The van der Waals surface area contributed by atoms with Crippen molar-refractivity contribution in [1.82, 2.24) is 4.98 Å². The molecule has 1 aromatic heterocycles. The van der Waals surface area contributed by atoms with Crippen molar-refractivity contribution < 1.29 is 9.53 Å². The third-order valence-electron chi connectivity index (χ3n) is 3.49. The van der Waals surface area contributed by atoms with Crippen LogP contribution in [0.15, 0.2) is 60.8 Å². The molecular formula is C20H20N2O2S. The summed E-state index contributed by atoms with van der Waals surface area (Å²) < 4.78 is 5.71. The van der Waals surface area contributed by atoms with Gasteiger partial charge in [-0.2, -0.15) is 0 Å². The standard InChI is InChI=1S/C20H20N2O2S/c1-14(2)24-18-11-7-6-10-17(18)19(23)22-20-21-13-16(25-20)12-15-8-4-3-5-9-15/h3-11,13-14H,12H2,1-2H3,(H,21,22,23). The summed E-state index contributed by atoms with van der Waals surface area (Å²) in [4.78, 5) is 18.0. The second-order valence-electron chi connectivity index (χ2n) is 5.91. The Bertz CT molecular complexity index is 844. The maximum absolute atomic E-state index is 12.6. The molecule has 0 unspecified atom stereocenters. The van der Waals surface area contributed by atoms with Crippen molar-refractivity contribution in [2.75, 3.05) is 5.32 Å². The molecule has 3 aromatic rings. The second kappa shape index (κ2) is 7.94. The third-order valence-corrected chi connectivity index (χ3v) is 4.40. The summed E-state index contributed by atoms with van der Waals surface area (Å²) in [6.07, 6.45) is 2.62. The summed E-state index contributed by atoms with van der Waals surface area (Å²) >= 11 is 1.49. The zero-order valence-corrected chi connectivity index (χ0v) is 15.0. The van der Waals surface area contributed by atoms with E-state index in [4.69, 9.17) is 4.74 Å². The minimum absolute atomic E-state index is 0.00582. The molecule has 1 N–H and O–H groups in total. The summed E-state index contributed by atoms with van der Waals surface area (Å²) in [6, 6.07) is 17.4. The third kappa shape index (κ3) is 4.67. The maximum atomic E-state index is 12.6. The van der Waals surface area contributed by atoms with Crippen LogP contribution in [0.25, 0.3) is 0 Å². The van der Waals surface area contributed by atoms with Crippen molar-refractivity contribution in [1.29, 1.82) is 0 Å². The van der Waals surface area contributed by atoms with Gasteiger partial charge in [-0.15, -0.1) is 11.3 Å². The second-order valence-corrected chi connectivity index (χ2v) is 7.03. The highest BCUT2D eigenvalue weighted by Gasteiger charge is 2.15. The van der Waals surface area contributed by atoms with Gasteiger partial charge in [0.1, 0.15) is 5.75 Å². The number of ether oxygens (including phenoxy) is 1. The number of nitrogens with one attached hydrogen (secondary N) is 1. The lowest BCUT2D eigenvalue weighted by molar-refractivity contribution is 0.102. The first-order chi connectivity index (χ1) is 12.1. The quantitative estimate of drug-likeness (QED) is 0.695. The van der Waals surface area contributed by atoms with Crippen LogP contribution in [-0.2, 0) is 6.42 Å². The van der Waals surface area contributed by atoms with E-state index >= 15 is 0 Å². The number of carbonyl (C=O) groups is 1. The van der Waals surface area contributed by atoms with Crippen LogP contribution in [-0.4, -0.2) is 17.0 Å². The Morgan fingerprint density at radius 2 is 1.84 bits per heavy atom. The molecule has 1 amide bonds. The molecule has 0 spiro atoms. The molecule has 0 aliphatic rings. The van der Waals surface area contributed by atoms with Crippen LogP contribution in [0, 0.1) is 0 Å². The molecule has 0 bridgehead atoms. The summed E-state index contributed by atoms with van der Waals surface area (Å²) in [7, 11) is 0. The molecule has 4 nitrogen and oxygen atoms in total. The van der Waals surface area contributed by atoms with Crippen molar-refractivity contribution in [3.8, 4) is 5.75 Å². The summed E-state index contributed by atoms with van der Waals surface area (Å²) in [5.41, 5.74) is 1.73. The molecule has 2 aromatic carbocycles. The number of thiazole rings is 1. The number of para-hydroxylation sites is 1. The molecule has 0 fully saturated rings. The van der Waals surface area contributed by atoms with Crippen LogP contribution in [0.1, 0.15) is 34.6 Å². The largest absolute Gasteiger partial charge is 0.490 e. The molecule has 0 radical (unpaired) electrons. The first-order valence-electron chi connectivity index (χ1n) is 8.17. The van der Waals surface area contributed by atoms with Crippen LogP contribution in [0.2, 0.25) is 0 Å². The number of amides is 1.